The Bertz CT molecular complexity index is 485. The number of aliphatic hydroxyl groups excluding tert-OH is 1. The maximum atomic E-state index is 11.0. The standard InChI is InChI=1S/C13H18N2O3/c1-8-4-5-9(10(6-8)15(17)18)14-11-7-12(16)13(11,2)3/h4-6,11-12,14,16H,7H2,1-3H3. The molecule has 1 aromatic carbocycles. The largest absolute Gasteiger partial charge is 0.392 e. The van der Waals surface area contributed by atoms with Crippen LogP contribution in [0.4, 0.5) is 11.4 Å². The summed E-state index contributed by atoms with van der Waals surface area (Å²) in [7, 11) is 0. The third kappa shape index (κ3) is 2.06. The molecule has 0 saturated heterocycles. The highest BCUT2D eigenvalue weighted by molar-refractivity contribution is 5.63. The molecule has 98 valence electrons. The second kappa shape index (κ2) is 4.24. The number of aryl methyl sites for hydroxylation is 1. The maximum absolute atomic E-state index is 11.0. The van der Waals surface area contributed by atoms with E-state index in [1.54, 1.807) is 12.1 Å². The van der Waals surface area contributed by atoms with Gasteiger partial charge < -0.3 is 10.4 Å². The average molecular weight is 250 g/mol. The van der Waals surface area contributed by atoms with Gasteiger partial charge in [-0.05, 0) is 25.0 Å². The van der Waals surface area contributed by atoms with Crippen molar-refractivity contribution in [1.29, 1.82) is 0 Å². The van der Waals surface area contributed by atoms with Crippen LogP contribution in [-0.2, 0) is 0 Å². The zero-order valence-corrected chi connectivity index (χ0v) is 10.8. The highest BCUT2D eigenvalue weighted by Gasteiger charge is 2.47. The Balaban J connectivity index is 2.23. The lowest BCUT2D eigenvalue weighted by Crippen LogP contribution is -2.56. The lowest BCUT2D eigenvalue weighted by Gasteiger charge is -2.49. The predicted octanol–water partition coefficient (Wildman–Crippen LogP) is 2.47. The number of nitrogens with one attached hydrogen (secondary N) is 1. The summed E-state index contributed by atoms with van der Waals surface area (Å²) in [6.07, 6.45) is 0.275. The van der Waals surface area contributed by atoms with Crippen molar-refractivity contribution >= 4 is 11.4 Å². The van der Waals surface area contributed by atoms with Crippen molar-refractivity contribution < 1.29 is 10.0 Å². The zero-order valence-electron chi connectivity index (χ0n) is 10.8. The van der Waals surface area contributed by atoms with E-state index in [1.165, 1.54) is 0 Å². The molecule has 0 radical (unpaired) electrons. The molecule has 0 bridgehead atoms. The van der Waals surface area contributed by atoms with Crippen LogP contribution in [-0.4, -0.2) is 22.2 Å². The minimum Gasteiger partial charge on any atom is -0.392 e. The third-order valence-electron chi connectivity index (χ3n) is 3.90. The number of anilines is 1. The van der Waals surface area contributed by atoms with E-state index in [1.807, 2.05) is 26.8 Å². The molecule has 1 aromatic rings. The molecule has 5 nitrogen and oxygen atoms in total. The highest BCUT2D eigenvalue weighted by atomic mass is 16.6. The number of nitrogens with zero attached hydrogens (tertiary/aromatic N) is 1. The normalized spacial score (nSPS) is 25.3. The van der Waals surface area contributed by atoms with Gasteiger partial charge in [0.05, 0.1) is 11.0 Å². The highest BCUT2D eigenvalue weighted by Crippen LogP contribution is 2.43. The summed E-state index contributed by atoms with van der Waals surface area (Å²) in [6.45, 7) is 5.74. The number of benzene rings is 1. The van der Waals surface area contributed by atoms with Crippen LogP contribution in [0.15, 0.2) is 18.2 Å². The van der Waals surface area contributed by atoms with Crippen molar-refractivity contribution in [3.63, 3.8) is 0 Å². The summed E-state index contributed by atoms with van der Waals surface area (Å²) in [5, 5.41) is 23.9. The first-order valence-corrected chi connectivity index (χ1v) is 6.02. The van der Waals surface area contributed by atoms with Gasteiger partial charge in [0, 0.05) is 17.5 Å². The summed E-state index contributed by atoms with van der Waals surface area (Å²) in [6, 6.07) is 5.20. The molecule has 2 unspecified atom stereocenters. The van der Waals surface area contributed by atoms with E-state index in [4.69, 9.17) is 0 Å². The van der Waals surface area contributed by atoms with Gasteiger partial charge in [0.15, 0.2) is 0 Å². The van der Waals surface area contributed by atoms with Gasteiger partial charge in [-0.15, -0.1) is 0 Å². The van der Waals surface area contributed by atoms with Gasteiger partial charge in [0.1, 0.15) is 5.69 Å². The average Bonchev–Trinajstić information content (AvgIpc) is 2.30. The third-order valence-corrected chi connectivity index (χ3v) is 3.90. The fourth-order valence-corrected chi connectivity index (χ4v) is 2.25. The number of hydrogen-bond donors (Lipinski definition) is 2. The molecule has 0 aromatic heterocycles. The van der Waals surface area contributed by atoms with E-state index in [9.17, 15) is 15.2 Å². The molecule has 1 saturated carbocycles. The van der Waals surface area contributed by atoms with Crippen molar-refractivity contribution in [2.45, 2.75) is 39.3 Å². The van der Waals surface area contributed by atoms with Crippen molar-refractivity contribution in [2.75, 3.05) is 5.32 Å². The van der Waals surface area contributed by atoms with E-state index in [0.717, 1.165) is 5.56 Å². The zero-order chi connectivity index (χ0) is 13.5. The number of rotatable bonds is 3. The van der Waals surface area contributed by atoms with E-state index >= 15 is 0 Å². The van der Waals surface area contributed by atoms with Gasteiger partial charge in [-0.3, -0.25) is 10.1 Å². The van der Waals surface area contributed by atoms with E-state index < -0.39 is 0 Å². The monoisotopic (exact) mass is 250 g/mol. The Labute approximate surface area is 106 Å². The van der Waals surface area contributed by atoms with Crippen molar-refractivity contribution in [2.24, 2.45) is 5.41 Å². The Morgan fingerprint density at radius 3 is 2.67 bits per heavy atom. The van der Waals surface area contributed by atoms with Crippen LogP contribution in [0.1, 0.15) is 25.8 Å². The Kier molecular flexibility index (Phi) is 3.02. The molecule has 2 atom stereocenters. The molecule has 1 fully saturated rings. The number of aliphatic hydroxyl groups is 1. The molecule has 0 aliphatic heterocycles. The van der Waals surface area contributed by atoms with Crippen LogP contribution in [0.5, 0.6) is 0 Å². The van der Waals surface area contributed by atoms with E-state index in [0.29, 0.717) is 12.1 Å². The van der Waals surface area contributed by atoms with Crippen molar-refractivity contribution in [1.82, 2.24) is 0 Å². The molecule has 0 heterocycles. The van der Waals surface area contributed by atoms with Gasteiger partial charge in [-0.2, -0.15) is 0 Å². The summed E-state index contributed by atoms with van der Waals surface area (Å²) < 4.78 is 0. The minimum atomic E-state index is -0.378. The molecule has 0 amide bonds. The first kappa shape index (κ1) is 12.8. The quantitative estimate of drug-likeness (QED) is 0.638. The fourth-order valence-electron chi connectivity index (χ4n) is 2.25. The number of nitro benzene ring substituents is 1. The molecular formula is C13H18N2O3. The van der Waals surface area contributed by atoms with Crippen LogP contribution in [0.2, 0.25) is 0 Å². The molecule has 5 heteroatoms. The summed E-state index contributed by atoms with van der Waals surface area (Å²) in [5.74, 6) is 0. The summed E-state index contributed by atoms with van der Waals surface area (Å²) in [5.41, 5.74) is 1.22. The van der Waals surface area contributed by atoms with Gasteiger partial charge in [-0.25, -0.2) is 0 Å². The maximum Gasteiger partial charge on any atom is 0.292 e. The van der Waals surface area contributed by atoms with Crippen molar-refractivity contribution in [3.8, 4) is 0 Å². The SMILES string of the molecule is Cc1ccc(NC2CC(O)C2(C)C)c([N+](=O)[O-])c1. The first-order valence-electron chi connectivity index (χ1n) is 6.02. The van der Waals surface area contributed by atoms with Crippen molar-refractivity contribution in [3.05, 3.63) is 33.9 Å². The lowest BCUT2D eigenvalue weighted by molar-refractivity contribution is -0.384. The van der Waals surface area contributed by atoms with E-state index in [2.05, 4.69) is 5.32 Å². The smallest absolute Gasteiger partial charge is 0.292 e. The van der Waals surface area contributed by atoms with Gasteiger partial charge in [0.25, 0.3) is 5.69 Å². The van der Waals surface area contributed by atoms with Crippen LogP contribution in [0.3, 0.4) is 0 Å². The first-order chi connectivity index (χ1) is 8.32. The second-order valence-corrected chi connectivity index (χ2v) is 5.55. The van der Waals surface area contributed by atoms with Crippen LogP contribution >= 0.6 is 0 Å². The van der Waals surface area contributed by atoms with Gasteiger partial charge >= 0.3 is 0 Å². The van der Waals surface area contributed by atoms with Gasteiger partial charge in [0.2, 0.25) is 0 Å². The molecular weight excluding hydrogens is 232 g/mol. The van der Waals surface area contributed by atoms with Crippen LogP contribution in [0.25, 0.3) is 0 Å². The van der Waals surface area contributed by atoms with Gasteiger partial charge in [-0.1, -0.05) is 19.9 Å². The van der Waals surface area contributed by atoms with Crippen LogP contribution in [0, 0.1) is 22.5 Å². The molecule has 2 rings (SSSR count). The molecule has 1 aliphatic rings. The second-order valence-electron chi connectivity index (χ2n) is 5.55. The van der Waals surface area contributed by atoms with Crippen LogP contribution < -0.4 is 5.32 Å². The Morgan fingerprint density at radius 1 is 1.50 bits per heavy atom. The Morgan fingerprint density at radius 2 is 2.17 bits per heavy atom. The molecule has 1 aliphatic carbocycles. The molecule has 0 spiro atoms. The fraction of sp³-hybridized carbons (Fsp3) is 0.538. The lowest BCUT2D eigenvalue weighted by atomic mass is 9.64. The number of hydrogen-bond acceptors (Lipinski definition) is 4. The molecule has 18 heavy (non-hydrogen) atoms. The minimum absolute atomic E-state index is 0.0638. The topological polar surface area (TPSA) is 75.4 Å². The summed E-state index contributed by atoms with van der Waals surface area (Å²) >= 11 is 0. The predicted molar refractivity (Wildman–Crippen MR) is 69.6 cm³/mol. The number of nitro groups is 1. The summed E-state index contributed by atoms with van der Waals surface area (Å²) in [4.78, 5) is 10.6. The Hall–Kier alpha value is -1.62. The van der Waals surface area contributed by atoms with E-state index in [-0.39, 0.29) is 28.2 Å². The molecule has 2 N–H and O–H groups in total.